The van der Waals surface area contributed by atoms with E-state index in [9.17, 15) is 0 Å². The maximum absolute atomic E-state index is 3.67. The van der Waals surface area contributed by atoms with Crippen molar-refractivity contribution in [3.8, 4) is 0 Å². The topological polar surface area (TPSA) is 12.0 Å². The molecule has 3 rings (SSSR count). The maximum Gasteiger partial charge on any atom is 0.00959 e. The van der Waals surface area contributed by atoms with Crippen LogP contribution in [0.4, 0.5) is 0 Å². The molecule has 1 aliphatic heterocycles. The van der Waals surface area contributed by atoms with Crippen LogP contribution in [-0.2, 0) is 0 Å². The Morgan fingerprint density at radius 1 is 0.833 bits per heavy atom. The first-order valence-corrected chi connectivity index (χ1v) is 5.67. The van der Waals surface area contributed by atoms with Crippen molar-refractivity contribution in [1.82, 2.24) is 5.32 Å². The highest BCUT2D eigenvalue weighted by molar-refractivity contribution is 4.96. The Morgan fingerprint density at radius 3 is 2.42 bits per heavy atom. The lowest BCUT2D eigenvalue weighted by atomic mass is 9.83. The van der Waals surface area contributed by atoms with E-state index in [-0.39, 0.29) is 0 Å². The summed E-state index contributed by atoms with van der Waals surface area (Å²) in [6, 6.07) is 0.909. The lowest BCUT2D eigenvalue weighted by molar-refractivity contribution is 0.277. The molecule has 0 bridgehead atoms. The molecule has 0 aromatic carbocycles. The highest BCUT2D eigenvalue weighted by Gasteiger charge is 2.43. The zero-order chi connectivity index (χ0) is 7.97. The van der Waals surface area contributed by atoms with E-state index in [0.717, 1.165) is 17.9 Å². The van der Waals surface area contributed by atoms with Crippen LogP contribution in [0.15, 0.2) is 0 Å². The molecule has 0 amide bonds. The third-order valence-corrected chi connectivity index (χ3v) is 4.25. The Hall–Kier alpha value is -0.0400. The molecule has 0 aromatic rings. The van der Waals surface area contributed by atoms with Gasteiger partial charge in [0.1, 0.15) is 0 Å². The molecule has 1 nitrogen and oxygen atoms in total. The van der Waals surface area contributed by atoms with Gasteiger partial charge in [0.25, 0.3) is 0 Å². The van der Waals surface area contributed by atoms with Gasteiger partial charge >= 0.3 is 0 Å². The molecule has 3 aliphatic rings. The Labute approximate surface area is 74.9 Å². The van der Waals surface area contributed by atoms with Gasteiger partial charge < -0.3 is 5.32 Å². The Kier molecular flexibility index (Phi) is 1.68. The minimum atomic E-state index is 0.909. The average molecular weight is 165 g/mol. The van der Waals surface area contributed by atoms with Crippen molar-refractivity contribution < 1.29 is 0 Å². The van der Waals surface area contributed by atoms with Crippen molar-refractivity contribution in [1.29, 1.82) is 0 Å². The van der Waals surface area contributed by atoms with Crippen molar-refractivity contribution in [3.63, 3.8) is 0 Å². The molecule has 1 heteroatoms. The SMILES string of the molecule is C1CNC(C2CCC3CC3C2)C1. The molecule has 2 saturated carbocycles. The van der Waals surface area contributed by atoms with Crippen LogP contribution in [0.1, 0.15) is 38.5 Å². The molecule has 1 saturated heterocycles. The third-order valence-electron chi connectivity index (χ3n) is 4.25. The molecule has 12 heavy (non-hydrogen) atoms. The third kappa shape index (κ3) is 1.19. The minimum Gasteiger partial charge on any atom is -0.314 e. The second-order valence-corrected chi connectivity index (χ2v) is 5.03. The fourth-order valence-electron chi connectivity index (χ4n) is 3.37. The van der Waals surface area contributed by atoms with Crippen molar-refractivity contribution in [2.24, 2.45) is 17.8 Å². The molecule has 0 spiro atoms. The molecule has 1 heterocycles. The summed E-state index contributed by atoms with van der Waals surface area (Å²) in [6.07, 6.45) is 9.09. The average Bonchev–Trinajstić information content (AvgIpc) is 2.66. The Balaban J connectivity index is 1.60. The lowest BCUT2D eigenvalue weighted by Crippen LogP contribution is -2.32. The van der Waals surface area contributed by atoms with Gasteiger partial charge in [0.05, 0.1) is 0 Å². The highest BCUT2D eigenvalue weighted by atomic mass is 14.9. The quantitative estimate of drug-likeness (QED) is 0.628. The van der Waals surface area contributed by atoms with Crippen LogP contribution in [0.3, 0.4) is 0 Å². The van der Waals surface area contributed by atoms with Crippen LogP contribution in [0.25, 0.3) is 0 Å². The van der Waals surface area contributed by atoms with Gasteiger partial charge in [0.15, 0.2) is 0 Å². The molecule has 4 atom stereocenters. The Bertz CT molecular complexity index is 172. The highest BCUT2D eigenvalue weighted by Crippen LogP contribution is 2.52. The molecule has 0 radical (unpaired) electrons. The first-order valence-electron chi connectivity index (χ1n) is 5.67. The first-order chi connectivity index (χ1) is 5.93. The lowest BCUT2D eigenvalue weighted by Gasteiger charge is -2.27. The molecule has 0 aromatic heterocycles. The van der Waals surface area contributed by atoms with Crippen LogP contribution in [0.5, 0.6) is 0 Å². The smallest absolute Gasteiger partial charge is 0.00959 e. The van der Waals surface area contributed by atoms with E-state index in [0.29, 0.717) is 0 Å². The van der Waals surface area contributed by atoms with E-state index in [2.05, 4.69) is 5.32 Å². The van der Waals surface area contributed by atoms with E-state index in [1.807, 2.05) is 0 Å². The van der Waals surface area contributed by atoms with Gasteiger partial charge in [-0.3, -0.25) is 0 Å². The van der Waals surface area contributed by atoms with E-state index in [1.54, 1.807) is 19.3 Å². The van der Waals surface area contributed by atoms with Crippen LogP contribution in [-0.4, -0.2) is 12.6 Å². The molecule has 4 unspecified atom stereocenters. The molecular formula is C11H19N. The fraction of sp³-hybridized carbons (Fsp3) is 1.00. The number of nitrogens with one attached hydrogen (secondary N) is 1. The predicted octanol–water partition coefficient (Wildman–Crippen LogP) is 2.17. The van der Waals surface area contributed by atoms with Gasteiger partial charge in [-0.2, -0.15) is 0 Å². The van der Waals surface area contributed by atoms with E-state index in [4.69, 9.17) is 0 Å². The summed E-state index contributed by atoms with van der Waals surface area (Å²) in [7, 11) is 0. The second kappa shape index (κ2) is 2.73. The summed E-state index contributed by atoms with van der Waals surface area (Å²) in [5, 5.41) is 3.67. The van der Waals surface area contributed by atoms with Crippen molar-refractivity contribution in [3.05, 3.63) is 0 Å². The van der Waals surface area contributed by atoms with Gasteiger partial charge in [-0.1, -0.05) is 0 Å². The van der Waals surface area contributed by atoms with Crippen LogP contribution in [0, 0.1) is 17.8 Å². The number of fused-ring (bicyclic) bond motifs is 1. The summed E-state index contributed by atoms with van der Waals surface area (Å²) in [6.45, 7) is 1.29. The molecule has 68 valence electrons. The maximum atomic E-state index is 3.67. The second-order valence-electron chi connectivity index (χ2n) is 5.03. The summed E-state index contributed by atoms with van der Waals surface area (Å²) < 4.78 is 0. The summed E-state index contributed by atoms with van der Waals surface area (Å²) >= 11 is 0. The minimum absolute atomic E-state index is 0.909. The van der Waals surface area contributed by atoms with Gasteiger partial charge in [-0.15, -0.1) is 0 Å². The first kappa shape index (κ1) is 7.37. The number of hydrogen-bond acceptors (Lipinski definition) is 1. The van der Waals surface area contributed by atoms with Crippen LogP contribution >= 0.6 is 0 Å². The van der Waals surface area contributed by atoms with Crippen molar-refractivity contribution in [2.45, 2.75) is 44.6 Å². The zero-order valence-corrected chi connectivity index (χ0v) is 7.76. The summed E-state index contributed by atoms with van der Waals surface area (Å²) in [4.78, 5) is 0. The zero-order valence-electron chi connectivity index (χ0n) is 7.76. The standard InChI is InChI=1S/C11H19N/c1-2-11(12-5-1)9-4-3-8-6-10(8)7-9/h8-12H,1-7H2. The number of rotatable bonds is 1. The molecule has 3 fully saturated rings. The largest absolute Gasteiger partial charge is 0.314 e. The van der Waals surface area contributed by atoms with Crippen LogP contribution in [0.2, 0.25) is 0 Å². The van der Waals surface area contributed by atoms with Crippen molar-refractivity contribution in [2.75, 3.05) is 6.54 Å². The van der Waals surface area contributed by atoms with Gasteiger partial charge in [-0.05, 0) is 62.8 Å². The van der Waals surface area contributed by atoms with Gasteiger partial charge in [-0.25, -0.2) is 0 Å². The normalized spacial score (nSPS) is 52.0. The van der Waals surface area contributed by atoms with Gasteiger partial charge in [0.2, 0.25) is 0 Å². The van der Waals surface area contributed by atoms with E-state index < -0.39 is 0 Å². The molecule has 2 aliphatic carbocycles. The van der Waals surface area contributed by atoms with Crippen molar-refractivity contribution >= 4 is 0 Å². The predicted molar refractivity (Wildman–Crippen MR) is 50.0 cm³/mol. The fourth-order valence-corrected chi connectivity index (χ4v) is 3.37. The summed E-state index contributed by atoms with van der Waals surface area (Å²) in [5.41, 5.74) is 0. The van der Waals surface area contributed by atoms with Crippen LogP contribution < -0.4 is 5.32 Å². The number of hydrogen-bond donors (Lipinski definition) is 1. The monoisotopic (exact) mass is 165 g/mol. The Morgan fingerprint density at radius 2 is 1.67 bits per heavy atom. The molecular weight excluding hydrogens is 146 g/mol. The van der Waals surface area contributed by atoms with E-state index >= 15 is 0 Å². The van der Waals surface area contributed by atoms with Gasteiger partial charge in [0, 0.05) is 6.04 Å². The summed E-state index contributed by atoms with van der Waals surface area (Å²) in [5.74, 6) is 3.38. The van der Waals surface area contributed by atoms with E-state index in [1.165, 1.54) is 31.7 Å². The molecule has 1 N–H and O–H groups in total.